The Balaban J connectivity index is 2.20. The molecule has 4 N–H and O–H groups in total. The Morgan fingerprint density at radius 3 is 2.45 bits per heavy atom. The van der Waals surface area contributed by atoms with Crippen LogP contribution in [0.3, 0.4) is 0 Å². The summed E-state index contributed by atoms with van der Waals surface area (Å²) in [5, 5.41) is 6.14. The highest BCUT2D eigenvalue weighted by atomic mass is 31.2. The summed E-state index contributed by atoms with van der Waals surface area (Å²) in [6.45, 7) is 15.2. The molecule has 0 amide bonds. The van der Waals surface area contributed by atoms with E-state index in [9.17, 15) is 14.2 Å². The molecule has 0 saturated carbocycles. The van der Waals surface area contributed by atoms with E-state index in [2.05, 4.69) is 32.1 Å². The predicted octanol–water partition coefficient (Wildman–Crippen LogP) is 4.41. The van der Waals surface area contributed by atoms with Gasteiger partial charge >= 0.3 is 11.9 Å². The number of carbonyl (C=O) groups excluding carboxylic acids is 2. The number of rotatable bonds is 19. The quantitative estimate of drug-likeness (QED) is 0.116. The van der Waals surface area contributed by atoms with Gasteiger partial charge in [-0.15, -0.1) is 0 Å². The normalized spacial score (nSPS) is 15.1. The number of nitrogens with zero attached hydrogens (tertiary/aromatic N) is 4. The number of nitrogens with two attached hydrogens (primary N) is 1. The first-order valence-corrected chi connectivity index (χ1v) is 16.6. The minimum absolute atomic E-state index is 0.00151. The maximum Gasteiger partial charge on any atom is 0.326 e. The van der Waals surface area contributed by atoms with Gasteiger partial charge in [-0.05, 0) is 47.0 Å². The fraction of sp³-hybridized carbons (Fsp3) is 0.750. The summed E-state index contributed by atoms with van der Waals surface area (Å²) >= 11 is 0. The van der Waals surface area contributed by atoms with Crippen LogP contribution in [0, 0.1) is 5.92 Å². The van der Waals surface area contributed by atoms with Crippen LogP contribution in [0.15, 0.2) is 12.7 Å². The molecule has 0 bridgehead atoms. The Morgan fingerprint density at radius 2 is 1.81 bits per heavy atom. The summed E-state index contributed by atoms with van der Waals surface area (Å²) < 4.78 is 33.2. The zero-order valence-corrected chi connectivity index (χ0v) is 27.3. The molecular formula is C28H50N7O6P. The lowest BCUT2D eigenvalue weighted by Crippen LogP contribution is -2.50. The van der Waals surface area contributed by atoms with E-state index in [-0.39, 0.29) is 37.2 Å². The number of fused-ring (bicyclic) bond motifs is 1. The van der Waals surface area contributed by atoms with Gasteiger partial charge in [-0.1, -0.05) is 40.0 Å². The summed E-state index contributed by atoms with van der Waals surface area (Å²) in [7, 11) is -3.65. The molecule has 2 heterocycles. The smallest absolute Gasteiger partial charge is 0.326 e. The summed E-state index contributed by atoms with van der Waals surface area (Å²) in [6, 6.07) is -0.508. The highest BCUT2D eigenvalue weighted by molar-refractivity contribution is 7.59. The van der Waals surface area contributed by atoms with E-state index in [1.54, 1.807) is 38.6 Å². The Labute approximate surface area is 249 Å². The second kappa shape index (κ2) is 16.3. The van der Waals surface area contributed by atoms with Crippen molar-refractivity contribution in [3.05, 3.63) is 12.7 Å². The lowest BCUT2D eigenvalue weighted by atomic mass is 10.0. The molecule has 0 radical (unpaired) electrons. The van der Waals surface area contributed by atoms with Gasteiger partial charge in [-0.2, -0.15) is 0 Å². The number of nitrogen functional groups attached to an aromatic ring is 1. The van der Waals surface area contributed by atoms with Gasteiger partial charge < -0.3 is 24.5 Å². The zero-order chi connectivity index (χ0) is 31.5. The van der Waals surface area contributed by atoms with Gasteiger partial charge in [0.15, 0.2) is 11.5 Å². The summed E-state index contributed by atoms with van der Waals surface area (Å²) in [4.78, 5) is 38.0. The standard InChI is InChI=1S/C28H50N7O6P/c1-9-10-11-12-13-39-27(37)28(7,8)34-42(38,33-22(19(2)3)14-23(36)41-20(4)5)18-40-21(6)15-35-17-32-24-25(29)30-16-31-26(24)35/h16-17,19-22H,9-15,18H2,1-8H3,(H2,29,30,31)(H2,33,34,38)/t21-,22?,42?/m1/s1. The van der Waals surface area contributed by atoms with Gasteiger partial charge in [0.25, 0.3) is 0 Å². The van der Waals surface area contributed by atoms with E-state index in [0.29, 0.717) is 17.7 Å². The first-order valence-electron chi connectivity index (χ1n) is 14.7. The summed E-state index contributed by atoms with van der Waals surface area (Å²) in [5.41, 5.74) is 5.65. The molecule has 2 aromatic heterocycles. The molecule has 0 spiro atoms. The summed E-state index contributed by atoms with van der Waals surface area (Å²) in [5.74, 6) is -0.721. The van der Waals surface area contributed by atoms with Crippen molar-refractivity contribution in [3.8, 4) is 0 Å². The number of hydrogen-bond acceptors (Lipinski definition) is 10. The molecule has 3 atom stereocenters. The van der Waals surface area contributed by atoms with E-state index in [1.807, 2.05) is 20.8 Å². The lowest BCUT2D eigenvalue weighted by molar-refractivity contribution is -0.150. The average molecular weight is 612 g/mol. The molecule has 2 aromatic rings. The third kappa shape index (κ3) is 11.2. The fourth-order valence-electron chi connectivity index (χ4n) is 4.26. The van der Waals surface area contributed by atoms with Crippen LogP contribution >= 0.6 is 7.44 Å². The number of anilines is 1. The second-order valence-electron chi connectivity index (χ2n) is 11.8. The van der Waals surface area contributed by atoms with Gasteiger partial charge in [0, 0.05) is 6.04 Å². The van der Waals surface area contributed by atoms with Crippen molar-refractivity contribution in [2.45, 2.75) is 118 Å². The third-order valence-corrected chi connectivity index (χ3v) is 8.74. The third-order valence-electron chi connectivity index (χ3n) is 6.56. The largest absolute Gasteiger partial charge is 0.464 e. The van der Waals surface area contributed by atoms with Gasteiger partial charge in [-0.3, -0.25) is 14.2 Å². The number of nitrogens with one attached hydrogen (secondary N) is 2. The van der Waals surface area contributed by atoms with E-state index < -0.39 is 37.1 Å². The molecule has 13 nitrogen and oxygen atoms in total. The maximum absolute atomic E-state index is 14.5. The second-order valence-corrected chi connectivity index (χ2v) is 14.0. The van der Waals surface area contributed by atoms with Gasteiger partial charge in [0.2, 0.25) is 7.44 Å². The molecule has 0 aliphatic carbocycles. The topological polar surface area (TPSA) is 173 Å². The number of aromatic nitrogens is 4. The zero-order valence-electron chi connectivity index (χ0n) is 26.4. The van der Waals surface area contributed by atoms with Crippen molar-refractivity contribution in [1.82, 2.24) is 29.7 Å². The predicted molar refractivity (Wildman–Crippen MR) is 163 cm³/mol. The molecule has 2 unspecified atom stereocenters. The Morgan fingerprint density at radius 1 is 1.10 bits per heavy atom. The molecule has 0 aliphatic rings. The maximum atomic E-state index is 14.5. The van der Waals surface area contributed by atoms with Crippen LogP contribution in [0.4, 0.5) is 5.82 Å². The van der Waals surface area contributed by atoms with E-state index in [0.717, 1.165) is 25.7 Å². The number of carbonyl (C=O) groups is 2. The molecule has 42 heavy (non-hydrogen) atoms. The minimum atomic E-state index is -3.65. The van der Waals surface area contributed by atoms with E-state index >= 15 is 0 Å². The van der Waals surface area contributed by atoms with Crippen LogP contribution in [0.25, 0.3) is 11.2 Å². The van der Waals surface area contributed by atoms with Crippen molar-refractivity contribution < 1.29 is 28.4 Å². The van der Waals surface area contributed by atoms with Crippen molar-refractivity contribution >= 4 is 36.4 Å². The SMILES string of the molecule is CCCCCCOC(=O)C(C)(C)NP(=O)(CO[C@H](C)Cn1cnc2c(N)ncnc21)NC(CC(=O)OC(C)C)C(C)C. The number of imidazole rings is 1. The Kier molecular flexibility index (Phi) is 13.8. The van der Waals surface area contributed by atoms with Crippen LogP contribution in [0.1, 0.15) is 87.5 Å². The van der Waals surface area contributed by atoms with Gasteiger partial charge in [0.1, 0.15) is 23.7 Å². The number of ether oxygens (including phenoxy) is 3. The molecular weight excluding hydrogens is 561 g/mol. The van der Waals surface area contributed by atoms with Crippen LogP contribution in [-0.4, -0.2) is 68.2 Å². The van der Waals surface area contributed by atoms with Gasteiger partial charge in [0.05, 0.1) is 38.1 Å². The number of hydrogen-bond donors (Lipinski definition) is 3. The van der Waals surface area contributed by atoms with E-state index in [4.69, 9.17) is 19.9 Å². The van der Waals surface area contributed by atoms with Crippen molar-refractivity contribution in [3.63, 3.8) is 0 Å². The van der Waals surface area contributed by atoms with Crippen LogP contribution < -0.4 is 15.9 Å². The molecule has 0 aromatic carbocycles. The molecule has 0 fully saturated rings. The fourth-order valence-corrected chi connectivity index (χ4v) is 6.84. The van der Waals surface area contributed by atoms with Crippen LogP contribution in [0.5, 0.6) is 0 Å². The lowest BCUT2D eigenvalue weighted by Gasteiger charge is -2.34. The Bertz CT molecular complexity index is 1200. The van der Waals surface area contributed by atoms with Crippen molar-refractivity contribution in [1.29, 1.82) is 0 Å². The van der Waals surface area contributed by atoms with Gasteiger partial charge in [-0.25, -0.2) is 25.1 Å². The molecule has 0 aliphatic heterocycles. The van der Waals surface area contributed by atoms with Crippen molar-refractivity contribution in [2.24, 2.45) is 5.92 Å². The molecule has 2 rings (SSSR count). The van der Waals surface area contributed by atoms with Crippen LogP contribution in [-0.2, 0) is 34.9 Å². The monoisotopic (exact) mass is 611 g/mol. The number of esters is 2. The molecule has 238 valence electrons. The first-order chi connectivity index (χ1) is 19.7. The molecule has 14 heteroatoms. The van der Waals surface area contributed by atoms with E-state index in [1.165, 1.54) is 6.33 Å². The summed E-state index contributed by atoms with van der Waals surface area (Å²) in [6.07, 6.45) is 5.89. The average Bonchev–Trinajstić information content (AvgIpc) is 3.30. The number of unbranched alkanes of at least 4 members (excludes halogenated alkanes) is 3. The Hall–Kier alpha value is -2.60. The minimum Gasteiger partial charge on any atom is -0.464 e. The van der Waals surface area contributed by atoms with Crippen LogP contribution in [0.2, 0.25) is 0 Å². The first kappa shape index (κ1) is 35.6. The highest BCUT2D eigenvalue weighted by Gasteiger charge is 2.39. The highest BCUT2D eigenvalue weighted by Crippen LogP contribution is 2.41. The molecule has 0 saturated heterocycles. The van der Waals surface area contributed by atoms with Crippen molar-refractivity contribution in [2.75, 3.05) is 18.7 Å².